The lowest BCUT2D eigenvalue weighted by atomic mass is 10.0. The van der Waals surface area contributed by atoms with E-state index in [0.29, 0.717) is 0 Å². The lowest BCUT2D eigenvalue weighted by molar-refractivity contribution is 0.100. The highest BCUT2D eigenvalue weighted by molar-refractivity contribution is 7.26. The summed E-state index contributed by atoms with van der Waals surface area (Å²) in [6.45, 7) is 13.0. The molecule has 2 nitrogen and oxygen atoms in total. The SMILES string of the molecule is C=C(C)CCC(C)(C)OPOCCC. The first-order chi connectivity index (χ1) is 6.48. The van der Waals surface area contributed by atoms with Crippen molar-refractivity contribution < 1.29 is 9.05 Å². The van der Waals surface area contributed by atoms with Crippen molar-refractivity contribution in [2.75, 3.05) is 6.61 Å². The van der Waals surface area contributed by atoms with Gasteiger partial charge in [0.2, 0.25) is 0 Å². The average Bonchev–Trinajstić information content (AvgIpc) is 2.10. The predicted molar refractivity (Wildman–Crippen MR) is 63.8 cm³/mol. The van der Waals surface area contributed by atoms with Crippen molar-refractivity contribution in [1.29, 1.82) is 0 Å². The van der Waals surface area contributed by atoms with Gasteiger partial charge in [-0.05, 0) is 40.0 Å². The van der Waals surface area contributed by atoms with Crippen LogP contribution in [0.5, 0.6) is 0 Å². The van der Waals surface area contributed by atoms with Crippen LogP contribution in [0.1, 0.15) is 47.0 Å². The Balaban J connectivity index is 3.55. The summed E-state index contributed by atoms with van der Waals surface area (Å²) in [7, 11) is 0.164. The average molecular weight is 218 g/mol. The van der Waals surface area contributed by atoms with E-state index in [-0.39, 0.29) is 14.6 Å². The highest BCUT2D eigenvalue weighted by Gasteiger charge is 2.18. The molecule has 0 aliphatic carbocycles. The zero-order valence-electron chi connectivity index (χ0n) is 9.85. The van der Waals surface area contributed by atoms with Crippen molar-refractivity contribution in [2.45, 2.75) is 52.6 Å². The molecule has 1 atom stereocenters. The number of rotatable bonds is 8. The molecular weight excluding hydrogens is 195 g/mol. The van der Waals surface area contributed by atoms with Gasteiger partial charge in [-0.3, -0.25) is 0 Å². The first-order valence-electron chi connectivity index (χ1n) is 5.17. The largest absolute Gasteiger partial charge is 0.336 e. The molecule has 0 saturated heterocycles. The summed E-state index contributed by atoms with van der Waals surface area (Å²) >= 11 is 0. The Morgan fingerprint density at radius 1 is 1.43 bits per heavy atom. The fraction of sp³-hybridized carbons (Fsp3) is 0.818. The molecule has 84 valence electrons. The summed E-state index contributed by atoms with van der Waals surface area (Å²) < 4.78 is 11.0. The molecule has 0 aliphatic rings. The molecule has 0 amide bonds. The minimum Gasteiger partial charge on any atom is -0.336 e. The van der Waals surface area contributed by atoms with Crippen LogP contribution in [0.4, 0.5) is 0 Å². The Hall–Kier alpha value is 0.0900. The maximum absolute atomic E-state index is 5.65. The van der Waals surface area contributed by atoms with E-state index in [4.69, 9.17) is 9.05 Å². The second-order valence-corrected chi connectivity index (χ2v) is 4.91. The molecule has 0 bridgehead atoms. The van der Waals surface area contributed by atoms with Gasteiger partial charge >= 0.3 is 0 Å². The van der Waals surface area contributed by atoms with Crippen LogP contribution < -0.4 is 0 Å². The van der Waals surface area contributed by atoms with Gasteiger partial charge in [0.15, 0.2) is 9.03 Å². The molecule has 0 N–H and O–H groups in total. The highest BCUT2D eigenvalue weighted by atomic mass is 31.1. The van der Waals surface area contributed by atoms with Gasteiger partial charge in [0.05, 0.1) is 12.2 Å². The molecule has 0 fully saturated rings. The van der Waals surface area contributed by atoms with Gasteiger partial charge in [-0.15, -0.1) is 6.58 Å². The lowest BCUT2D eigenvalue weighted by Gasteiger charge is -2.24. The molecule has 14 heavy (non-hydrogen) atoms. The molecule has 0 radical (unpaired) electrons. The molecule has 0 heterocycles. The third-order valence-corrected chi connectivity index (χ3v) is 2.79. The number of allylic oxidation sites excluding steroid dienone is 1. The van der Waals surface area contributed by atoms with E-state index in [0.717, 1.165) is 25.9 Å². The van der Waals surface area contributed by atoms with E-state index >= 15 is 0 Å². The second kappa shape index (κ2) is 7.39. The van der Waals surface area contributed by atoms with Crippen LogP contribution in [-0.4, -0.2) is 12.2 Å². The van der Waals surface area contributed by atoms with Crippen LogP contribution in [0.3, 0.4) is 0 Å². The zero-order valence-corrected chi connectivity index (χ0v) is 10.9. The Bertz CT molecular complexity index is 167. The Labute approximate surface area is 90.0 Å². The molecule has 1 unspecified atom stereocenters. The minimum atomic E-state index is -0.0921. The predicted octanol–water partition coefficient (Wildman–Crippen LogP) is 4.07. The van der Waals surface area contributed by atoms with Gasteiger partial charge in [0.1, 0.15) is 0 Å². The summed E-state index contributed by atoms with van der Waals surface area (Å²) in [5.41, 5.74) is 1.12. The van der Waals surface area contributed by atoms with Gasteiger partial charge in [-0.1, -0.05) is 12.5 Å². The fourth-order valence-corrected chi connectivity index (χ4v) is 1.53. The van der Waals surface area contributed by atoms with Gasteiger partial charge < -0.3 is 9.05 Å². The van der Waals surface area contributed by atoms with Gasteiger partial charge in [0, 0.05) is 0 Å². The summed E-state index contributed by atoms with van der Waals surface area (Å²) in [4.78, 5) is 0. The second-order valence-electron chi connectivity index (χ2n) is 4.25. The third-order valence-electron chi connectivity index (χ3n) is 1.84. The summed E-state index contributed by atoms with van der Waals surface area (Å²) in [5.74, 6) is 0. The first kappa shape index (κ1) is 14.1. The molecule has 0 spiro atoms. The summed E-state index contributed by atoms with van der Waals surface area (Å²) in [6, 6.07) is 0. The van der Waals surface area contributed by atoms with Gasteiger partial charge in [-0.25, -0.2) is 0 Å². The van der Waals surface area contributed by atoms with Crippen LogP contribution in [0.2, 0.25) is 0 Å². The van der Waals surface area contributed by atoms with Gasteiger partial charge in [-0.2, -0.15) is 0 Å². The van der Waals surface area contributed by atoms with Crippen LogP contribution in [0, 0.1) is 0 Å². The molecule has 3 heteroatoms. The quantitative estimate of drug-likeness (QED) is 0.347. The summed E-state index contributed by atoms with van der Waals surface area (Å²) in [6.07, 6.45) is 3.07. The highest BCUT2D eigenvalue weighted by Crippen LogP contribution is 2.28. The van der Waals surface area contributed by atoms with Crippen LogP contribution in [0.15, 0.2) is 12.2 Å². The Morgan fingerprint density at radius 2 is 2.07 bits per heavy atom. The van der Waals surface area contributed by atoms with E-state index < -0.39 is 0 Å². The monoisotopic (exact) mass is 218 g/mol. The molecule has 0 aliphatic heterocycles. The topological polar surface area (TPSA) is 18.5 Å². The normalized spacial score (nSPS) is 12.6. The Morgan fingerprint density at radius 3 is 2.57 bits per heavy atom. The van der Waals surface area contributed by atoms with Crippen LogP contribution in [-0.2, 0) is 9.05 Å². The van der Waals surface area contributed by atoms with Gasteiger partial charge in [0.25, 0.3) is 0 Å². The summed E-state index contributed by atoms with van der Waals surface area (Å²) in [5, 5.41) is 0. The zero-order chi connectivity index (χ0) is 11.0. The van der Waals surface area contributed by atoms with Crippen molar-refractivity contribution >= 4 is 9.03 Å². The molecular formula is C11H23O2P. The van der Waals surface area contributed by atoms with E-state index in [1.165, 1.54) is 5.57 Å². The van der Waals surface area contributed by atoms with E-state index in [1.807, 2.05) is 6.92 Å². The first-order valence-corrected chi connectivity index (χ1v) is 5.99. The maximum atomic E-state index is 5.65. The lowest BCUT2D eigenvalue weighted by Crippen LogP contribution is -2.20. The van der Waals surface area contributed by atoms with E-state index in [9.17, 15) is 0 Å². The smallest absolute Gasteiger partial charge is 0.155 e. The minimum absolute atomic E-state index is 0.0921. The molecule has 0 rings (SSSR count). The number of hydrogen-bond acceptors (Lipinski definition) is 2. The van der Waals surface area contributed by atoms with Crippen LogP contribution in [0.25, 0.3) is 0 Å². The Kier molecular flexibility index (Phi) is 7.44. The van der Waals surface area contributed by atoms with E-state index in [1.54, 1.807) is 0 Å². The molecule has 0 aromatic heterocycles. The van der Waals surface area contributed by atoms with Crippen molar-refractivity contribution in [3.05, 3.63) is 12.2 Å². The number of hydrogen-bond donors (Lipinski definition) is 0. The molecule has 0 aromatic carbocycles. The van der Waals surface area contributed by atoms with Crippen molar-refractivity contribution in [3.63, 3.8) is 0 Å². The standard InChI is InChI=1S/C11H23O2P/c1-6-9-12-14-13-11(4,5)8-7-10(2)3/h14H,2,6-9H2,1,3-5H3. The fourth-order valence-electron chi connectivity index (χ4n) is 0.851. The molecule has 0 aromatic rings. The third kappa shape index (κ3) is 8.68. The molecule has 0 saturated carbocycles. The maximum Gasteiger partial charge on any atom is 0.155 e. The van der Waals surface area contributed by atoms with E-state index in [2.05, 4.69) is 27.4 Å². The van der Waals surface area contributed by atoms with Crippen molar-refractivity contribution in [2.24, 2.45) is 0 Å². The van der Waals surface area contributed by atoms with Crippen molar-refractivity contribution in [1.82, 2.24) is 0 Å². The van der Waals surface area contributed by atoms with Crippen molar-refractivity contribution in [3.8, 4) is 0 Å². The van der Waals surface area contributed by atoms with Crippen LogP contribution >= 0.6 is 9.03 Å².